The second-order valence-electron chi connectivity index (χ2n) is 5.73. The lowest BCUT2D eigenvalue weighted by Crippen LogP contribution is -2.41. The molecule has 0 aliphatic carbocycles. The molecule has 0 saturated carbocycles. The minimum Gasteiger partial charge on any atom is -0.460 e. The Morgan fingerprint density at radius 3 is 2.83 bits per heavy atom. The van der Waals surface area contributed by atoms with Gasteiger partial charge in [0.05, 0.1) is 11.5 Å². The van der Waals surface area contributed by atoms with E-state index in [9.17, 15) is 13.2 Å². The predicted molar refractivity (Wildman–Crippen MR) is 84.8 cm³/mol. The van der Waals surface area contributed by atoms with E-state index in [2.05, 4.69) is 10.2 Å². The second-order valence-corrected chi connectivity index (χ2v) is 7.95. The lowest BCUT2D eigenvalue weighted by Gasteiger charge is -2.25. The fraction of sp³-hybridized carbons (Fsp3) is 0.467. The van der Waals surface area contributed by atoms with Gasteiger partial charge < -0.3 is 9.32 Å². The Labute approximate surface area is 134 Å². The van der Waals surface area contributed by atoms with Crippen molar-refractivity contribution in [3.05, 3.63) is 29.7 Å². The van der Waals surface area contributed by atoms with E-state index in [1.807, 2.05) is 19.9 Å². The molecule has 0 bridgehead atoms. The minimum absolute atomic E-state index is 0.0290. The van der Waals surface area contributed by atoms with Gasteiger partial charge in [-0.15, -0.1) is 0 Å². The van der Waals surface area contributed by atoms with Gasteiger partial charge in [-0.1, -0.05) is 0 Å². The molecule has 1 aliphatic heterocycles. The predicted octanol–water partition coefficient (Wildman–Crippen LogP) is 1.63. The molecule has 0 radical (unpaired) electrons. The number of aromatic nitrogens is 2. The minimum atomic E-state index is -3.04. The van der Waals surface area contributed by atoms with Gasteiger partial charge in [0.25, 0.3) is 5.91 Å². The van der Waals surface area contributed by atoms with Crippen LogP contribution in [0.3, 0.4) is 0 Å². The number of hydrogen-bond acceptors (Lipinski definition) is 5. The Morgan fingerprint density at radius 2 is 2.26 bits per heavy atom. The maximum absolute atomic E-state index is 12.6. The molecule has 0 spiro atoms. The van der Waals surface area contributed by atoms with Crippen LogP contribution in [0.25, 0.3) is 11.5 Å². The largest absolute Gasteiger partial charge is 0.460 e. The van der Waals surface area contributed by atoms with Crippen LogP contribution < -0.4 is 0 Å². The van der Waals surface area contributed by atoms with Crippen LogP contribution in [0.15, 0.2) is 22.6 Å². The molecular formula is C15H19N3O4S. The van der Waals surface area contributed by atoms with Gasteiger partial charge in [-0.3, -0.25) is 9.89 Å². The zero-order chi connectivity index (χ0) is 16.6. The number of rotatable bonds is 4. The third-order valence-corrected chi connectivity index (χ3v) is 5.80. The zero-order valence-electron chi connectivity index (χ0n) is 13.1. The maximum atomic E-state index is 12.6. The lowest BCUT2D eigenvalue weighted by molar-refractivity contribution is 0.0702. The molecule has 2 aromatic rings. The molecule has 124 valence electrons. The van der Waals surface area contributed by atoms with Gasteiger partial charge in [-0.2, -0.15) is 5.10 Å². The first-order chi connectivity index (χ1) is 10.9. The van der Waals surface area contributed by atoms with Crippen molar-refractivity contribution < 1.29 is 17.6 Å². The fourth-order valence-electron chi connectivity index (χ4n) is 2.87. The third-order valence-electron chi connectivity index (χ3n) is 4.05. The molecule has 7 nitrogen and oxygen atoms in total. The number of hydrogen-bond donors (Lipinski definition) is 1. The normalized spacial score (nSPS) is 19.8. The summed E-state index contributed by atoms with van der Waals surface area (Å²) in [5, 5.41) is 6.85. The highest BCUT2D eigenvalue weighted by Gasteiger charge is 2.34. The number of sulfone groups is 1. The van der Waals surface area contributed by atoms with Crippen LogP contribution in [0.2, 0.25) is 0 Å². The highest BCUT2D eigenvalue weighted by atomic mass is 32.2. The van der Waals surface area contributed by atoms with Gasteiger partial charge in [0, 0.05) is 18.7 Å². The van der Waals surface area contributed by atoms with E-state index in [1.54, 1.807) is 17.0 Å². The SMILES string of the molecule is CCN(C(=O)c1cc(-c2ccc(C)o2)[nH]n1)[C@H]1CCS(=O)(=O)C1. The lowest BCUT2D eigenvalue weighted by atomic mass is 10.2. The Balaban J connectivity index is 1.80. The number of carbonyl (C=O) groups excluding carboxylic acids is 1. The number of amides is 1. The first kappa shape index (κ1) is 15.8. The highest BCUT2D eigenvalue weighted by molar-refractivity contribution is 7.91. The summed E-state index contributed by atoms with van der Waals surface area (Å²) < 4.78 is 28.8. The van der Waals surface area contributed by atoms with Crippen molar-refractivity contribution >= 4 is 15.7 Å². The van der Waals surface area contributed by atoms with Crippen molar-refractivity contribution in [3.8, 4) is 11.5 Å². The number of H-pyrrole nitrogens is 1. The molecule has 1 aliphatic rings. The second kappa shape index (κ2) is 5.84. The van der Waals surface area contributed by atoms with Crippen molar-refractivity contribution in [2.75, 3.05) is 18.1 Å². The van der Waals surface area contributed by atoms with Crippen molar-refractivity contribution in [1.29, 1.82) is 0 Å². The summed E-state index contributed by atoms with van der Waals surface area (Å²) >= 11 is 0. The maximum Gasteiger partial charge on any atom is 0.274 e. The van der Waals surface area contributed by atoms with E-state index in [0.717, 1.165) is 5.76 Å². The van der Waals surface area contributed by atoms with Gasteiger partial charge in [0.15, 0.2) is 21.3 Å². The summed E-state index contributed by atoms with van der Waals surface area (Å²) in [6.45, 7) is 4.12. The summed E-state index contributed by atoms with van der Waals surface area (Å²) in [6.07, 6.45) is 0.483. The average Bonchev–Trinajstić information content (AvgIpc) is 3.19. The number of aromatic amines is 1. The van der Waals surface area contributed by atoms with Crippen LogP contribution >= 0.6 is 0 Å². The summed E-state index contributed by atoms with van der Waals surface area (Å²) in [5.74, 6) is 1.29. The monoisotopic (exact) mass is 337 g/mol. The molecule has 0 aromatic carbocycles. The molecule has 0 unspecified atom stereocenters. The molecule has 1 saturated heterocycles. The van der Waals surface area contributed by atoms with E-state index in [-0.39, 0.29) is 29.1 Å². The van der Waals surface area contributed by atoms with E-state index in [4.69, 9.17) is 4.42 Å². The molecule has 1 N–H and O–H groups in total. The summed E-state index contributed by atoms with van der Waals surface area (Å²) in [7, 11) is -3.04. The zero-order valence-corrected chi connectivity index (χ0v) is 13.9. The van der Waals surface area contributed by atoms with Gasteiger partial charge in [0.2, 0.25) is 0 Å². The topological polar surface area (TPSA) is 96.3 Å². The smallest absolute Gasteiger partial charge is 0.274 e. The van der Waals surface area contributed by atoms with Crippen molar-refractivity contribution in [3.63, 3.8) is 0 Å². The average molecular weight is 337 g/mol. The van der Waals surface area contributed by atoms with E-state index in [1.165, 1.54) is 0 Å². The number of carbonyl (C=O) groups is 1. The quantitative estimate of drug-likeness (QED) is 0.914. The highest BCUT2D eigenvalue weighted by Crippen LogP contribution is 2.23. The van der Waals surface area contributed by atoms with Gasteiger partial charge >= 0.3 is 0 Å². The van der Waals surface area contributed by atoms with E-state index in [0.29, 0.717) is 24.4 Å². The molecule has 8 heteroatoms. The number of nitrogens with zero attached hydrogens (tertiary/aromatic N) is 2. The molecule has 3 rings (SSSR count). The summed E-state index contributed by atoms with van der Waals surface area (Å²) in [4.78, 5) is 14.2. The molecule has 3 heterocycles. The van der Waals surface area contributed by atoms with Gasteiger partial charge in [0.1, 0.15) is 11.5 Å². The number of aryl methyl sites for hydroxylation is 1. The van der Waals surface area contributed by atoms with Gasteiger partial charge in [-0.25, -0.2) is 8.42 Å². The molecule has 1 fully saturated rings. The fourth-order valence-corrected chi connectivity index (χ4v) is 4.60. The van der Waals surface area contributed by atoms with Crippen LogP contribution in [0.5, 0.6) is 0 Å². The van der Waals surface area contributed by atoms with Crippen LogP contribution in [-0.4, -0.2) is 53.5 Å². The van der Waals surface area contributed by atoms with E-state index >= 15 is 0 Å². The van der Waals surface area contributed by atoms with Gasteiger partial charge in [-0.05, 0) is 32.4 Å². The Morgan fingerprint density at radius 1 is 1.48 bits per heavy atom. The van der Waals surface area contributed by atoms with Crippen molar-refractivity contribution in [2.45, 2.75) is 26.3 Å². The van der Waals surface area contributed by atoms with Crippen LogP contribution in [0, 0.1) is 6.92 Å². The van der Waals surface area contributed by atoms with Crippen LogP contribution in [0.1, 0.15) is 29.6 Å². The molecule has 2 aromatic heterocycles. The summed E-state index contributed by atoms with van der Waals surface area (Å²) in [6, 6.07) is 4.99. The molecule has 1 amide bonds. The Kier molecular flexibility index (Phi) is 4.01. The first-order valence-electron chi connectivity index (χ1n) is 7.53. The van der Waals surface area contributed by atoms with Crippen LogP contribution in [0.4, 0.5) is 0 Å². The molecule has 1 atom stereocenters. The Hall–Kier alpha value is -2.09. The van der Waals surface area contributed by atoms with Crippen molar-refractivity contribution in [2.24, 2.45) is 0 Å². The number of nitrogens with one attached hydrogen (secondary N) is 1. The van der Waals surface area contributed by atoms with Crippen molar-refractivity contribution in [1.82, 2.24) is 15.1 Å². The molecule has 23 heavy (non-hydrogen) atoms. The standard InChI is InChI=1S/C15H19N3O4S/c1-3-18(11-6-7-23(20,21)9-11)15(19)13-8-12(16-17-13)14-5-4-10(2)22-14/h4-5,8,11H,3,6-7,9H2,1-2H3,(H,16,17)/t11-/m0/s1. The van der Waals surface area contributed by atoms with E-state index < -0.39 is 9.84 Å². The third kappa shape index (κ3) is 3.17. The molecular weight excluding hydrogens is 318 g/mol. The number of furan rings is 1. The van der Waals surface area contributed by atoms with Crippen LogP contribution in [-0.2, 0) is 9.84 Å². The summed E-state index contributed by atoms with van der Waals surface area (Å²) in [5.41, 5.74) is 0.886. The Bertz CT molecular complexity index is 821. The first-order valence-corrected chi connectivity index (χ1v) is 9.35.